The third kappa shape index (κ3) is 3.84. The maximum atomic E-state index is 13.9. The number of nitrogens with zero attached hydrogens (tertiary/aromatic N) is 2. The van der Waals surface area contributed by atoms with E-state index in [9.17, 15) is 23.2 Å². The summed E-state index contributed by atoms with van der Waals surface area (Å²) in [6.07, 6.45) is 2.21. The molecule has 2 aliphatic rings. The van der Waals surface area contributed by atoms with Crippen LogP contribution in [0.4, 0.5) is 8.78 Å². The molecule has 2 atom stereocenters. The van der Waals surface area contributed by atoms with Gasteiger partial charge in [0.2, 0.25) is 0 Å². The van der Waals surface area contributed by atoms with E-state index in [0.29, 0.717) is 18.8 Å². The Bertz CT molecular complexity index is 1190. The summed E-state index contributed by atoms with van der Waals surface area (Å²) >= 11 is 0. The number of rotatable bonds is 6. The SMILES string of the molecule is COC[C@@H]1C[C@@]12CN(C(C)C)C(=O)c1c(C)c(=O)c(C(=O)NCc3ccc(F)cc3F)cn12. The Morgan fingerprint density at radius 3 is 2.67 bits per heavy atom. The van der Waals surface area contributed by atoms with E-state index < -0.39 is 28.5 Å². The molecular formula is C24H27F2N3O4. The average molecular weight is 459 g/mol. The molecule has 2 amide bonds. The average Bonchev–Trinajstić information content (AvgIpc) is 3.44. The molecule has 33 heavy (non-hydrogen) atoms. The fourth-order valence-electron chi connectivity index (χ4n) is 4.72. The van der Waals surface area contributed by atoms with Gasteiger partial charge in [-0.2, -0.15) is 0 Å². The van der Waals surface area contributed by atoms with Gasteiger partial charge in [-0.1, -0.05) is 6.07 Å². The summed E-state index contributed by atoms with van der Waals surface area (Å²) in [7, 11) is 1.62. The summed E-state index contributed by atoms with van der Waals surface area (Å²) in [6.45, 7) is 6.17. The van der Waals surface area contributed by atoms with Crippen molar-refractivity contribution >= 4 is 11.8 Å². The topological polar surface area (TPSA) is 80.6 Å². The monoisotopic (exact) mass is 459 g/mol. The van der Waals surface area contributed by atoms with E-state index in [1.54, 1.807) is 23.5 Å². The predicted octanol–water partition coefficient (Wildman–Crippen LogP) is 2.59. The van der Waals surface area contributed by atoms with Gasteiger partial charge in [0, 0.05) is 55.5 Å². The molecule has 1 spiro atoms. The quantitative estimate of drug-likeness (QED) is 0.720. The van der Waals surface area contributed by atoms with Crippen molar-refractivity contribution in [1.82, 2.24) is 14.8 Å². The molecule has 1 fully saturated rings. The van der Waals surface area contributed by atoms with Crippen LogP contribution < -0.4 is 10.7 Å². The van der Waals surface area contributed by atoms with E-state index >= 15 is 0 Å². The number of ether oxygens (including phenoxy) is 1. The first-order chi connectivity index (χ1) is 15.6. The number of fused-ring (bicyclic) bond motifs is 2. The van der Waals surface area contributed by atoms with E-state index in [1.165, 1.54) is 12.3 Å². The van der Waals surface area contributed by atoms with Gasteiger partial charge < -0.3 is 19.5 Å². The van der Waals surface area contributed by atoms with Gasteiger partial charge in [0.05, 0.1) is 12.1 Å². The van der Waals surface area contributed by atoms with Crippen molar-refractivity contribution in [2.24, 2.45) is 5.92 Å². The fraction of sp³-hybridized carbons (Fsp3) is 0.458. The number of carbonyl (C=O) groups is 2. The number of halogens is 2. The second-order valence-electron chi connectivity index (χ2n) is 9.12. The number of benzene rings is 1. The van der Waals surface area contributed by atoms with Crippen molar-refractivity contribution in [3.63, 3.8) is 0 Å². The zero-order chi connectivity index (χ0) is 24.1. The van der Waals surface area contributed by atoms with Crippen LogP contribution >= 0.6 is 0 Å². The van der Waals surface area contributed by atoms with E-state index in [0.717, 1.165) is 18.6 Å². The molecule has 1 aliphatic carbocycles. The highest BCUT2D eigenvalue weighted by Gasteiger charge is 2.60. The Morgan fingerprint density at radius 2 is 2.03 bits per heavy atom. The Hall–Kier alpha value is -3.07. The first-order valence-electron chi connectivity index (χ1n) is 10.9. The van der Waals surface area contributed by atoms with Gasteiger partial charge in [-0.25, -0.2) is 8.78 Å². The van der Waals surface area contributed by atoms with Crippen LogP contribution in [0.5, 0.6) is 0 Å². The molecule has 2 heterocycles. The van der Waals surface area contributed by atoms with E-state index in [2.05, 4.69) is 5.32 Å². The van der Waals surface area contributed by atoms with Crippen molar-refractivity contribution < 1.29 is 23.1 Å². The lowest BCUT2D eigenvalue weighted by Gasteiger charge is -2.40. The molecule has 2 aromatic rings. The van der Waals surface area contributed by atoms with E-state index in [4.69, 9.17) is 4.74 Å². The number of aromatic nitrogens is 1. The molecule has 1 aromatic carbocycles. The maximum Gasteiger partial charge on any atom is 0.271 e. The lowest BCUT2D eigenvalue weighted by molar-refractivity contribution is 0.0548. The largest absolute Gasteiger partial charge is 0.384 e. The predicted molar refractivity (Wildman–Crippen MR) is 117 cm³/mol. The van der Waals surface area contributed by atoms with Crippen LogP contribution in [0.25, 0.3) is 0 Å². The lowest BCUT2D eigenvalue weighted by Crippen LogP contribution is -2.53. The fourth-order valence-corrected chi connectivity index (χ4v) is 4.72. The minimum atomic E-state index is -0.785. The maximum absolute atomic E-state index is 13.9. The molecule has 1 N–H and O–H groups in total. The zero-order valence-electron chi connectivity index (χ0n) is 19.1. The molecule has 1 aromatic heterocycles. The summed E-state index contributed by atoms with van der Waals surface area (Å²) in [6, 6.07) is 3.03. The molecule has 0 unspecified atom stereocenters. The normalized spacial score (nSPS) is 21.5. The first-order valence-corrected chi connectivity index (χ1v) is 10.9. The number of hydrogen-bond donors (Lipinski definition) is 1. The first kappa shape index (κ1) is 23.1. The number of pyridine rings is 1. The standard InChI is InChI=1S/C24H27F2N3O4/c1-13(2)28-12-24(8-16(24)11-33-4)29-10-18(21(30)14(3)20(29)23(28)32)22(31)27-9-15-5-6-17(25)7-19(15)26/h5-7,10,13,16H,8-9,11-12H2,1-4H3,(H,27,31)/t16-,24+/m0/s1. The van der Waals surface area contributed by atoms with Crippen molar-refractivity contribution in [3.05, 3.63) is 68.6 Å². The Kier molecular flexibility index (Phi) is 5.86. The van der Waals surface area contributed by atoms with Crippen molar-refractivity contribution in [2.75, 3.05) is 20.3 Å². The van der Waals surface area contributed by atoms with E-state index in [-0.39, 0.29) is 41.1 Å². The summed E-state index contributed by atoms with van der Waals surface area (Å²) in [4.78, 5) is 41.0. The molecule has 1 aliphatic heterocycles. The lowest BCUT2D eigenvalue weighted by atomic mass is 10.00. The van der Waals surface area contributed by atoms with Crippen LogP contribution in [-0.4, -0.2) is 47.6 Å². The van der Waals surface area contributed by atoms with Crippen LogP contribution in [0, 0.1) is 24.5 Å². The van der Waals surface area contributed by atoms with E-state index in [1.807, 2.05) is 13.8 Å². The van der Waals surface area contributed by atoms with Crippen LogP contribution in [0.2, 0.25) is 0 Å². The highest BCUT2D eigenvalue weighted by atomic mass is 19.1. The highest BCUT2D eigenvalue weighted by molar-refractivity contribution is 5.98. The second-order valence-corrected chi connectivity index (χ2v) is 9.12. The van der Waals surface area contributed by atoms with Gasteiger partial charge in [0.15, 0.2) is 5.43 Å². The smallest absolute Gasteiger partial charge is 0.271 e. The minimum Gasteiger partial charge on any atom is -0.384 e. The van der Waals surface area contributed by atoms with Crippen molar-refractivity contribution in [3.8, 4) is 0 Å². The Balaban J connectivity index is 1.72. The van der Waals surface area contributed by atoms with Gasteiger partial charge in [-0.05, 0) is 33.3 Å². The zero-order valence-corrected chi connectivity index (χ0v) is 19.1. The van der Waals surface area contributed by atoms with Gasteiger partial charge in [0.25, 0.3) is 11.8 Å². The summed E-state index contributed by atoms with van der Waals surface area (Å²) < 4.78 is 34.2. The molecular weight excluding hydrogens is 432 g/mol. The summed E-state index contributed by atoms with van der Waals surface area (Å²) in [5.41, 5.74) is -0.516. The summed E-state index contributed by atoms with van der Waals surface area (Å²) in [5, 5.41) is 2.54. The molecule has 0 radical (unpaired) electrons. The van der Waals surface area contributed by atoms with Gasteiger partial charge in [-0.3, -0.25) is 14.4 Å². The molecule has 9 heteroatoms. The van der Waals surface area contributed by atoms with Gasteiger partial charge in [-0.15, -0.1) is 0 Å². The van der Waals surface area contributed by atoms with Crippen LogP contribution in [0.3, 0.4) is 0 Å². The molecule has 176 valence electrons. The second kappa shape index (κ2) is 8.37. The molecule has 7 nitrogen and oxygen atoms in total. The minimum absolute atomic E-state index is 0.0463. The number of hydrogen-bond acceptors (Lipinski definition) is 4. The van der Waals surface area contributed by atoms with Gasteiger partial charge >= 0.3 is 0 Å². The third-order valence-corrected chi connectivity index (χ3v) is 6.72. The highest BCUT2D eigenvalue weighted by Crippen LogP contribution is 2.53. The van der Waals surface area contributed by atoms with Crippen molar-refractivity contribution in [2.45, 2.75) is 45.3 Å². The molecule has 1 saturated carbocycles. The molecule has 0 bridgehead atoms. The van der Waals surface area contributed by atoms with Crippen molar-refractivity contribution in [1.29, 1.82) is 0 Å². The third-order valence-electron chi connectivity index (χ3n) is 6.72. The Morgan fingerprint density at radius 1 is 1.30 bits per heavy atom. The number of methoxy groups -OCH3 is 1. The van der Waals surface area contributed by atoms with Crippen LogP contribution in [-0.2, 0) is 16.8 Å². The summed E-state index contributed by atoms with van der Waals surface area (Å²) in [5.74, 6) is -2.28. The van der Waals surface area contributed by atoms with Crippen LogP contribution in [0.1, 0.15) is 52.2 Å². The molecule has 4 rings (SSSR count). The van der Waals surface area contributed by atoms with Crippen LogP contribution in [0.15, 0.2) is 29.2 Å². The Labute approximate surface area is 190 Å². The number of amides is 2. The van der Waals surface area contributed by atoms with Gasteiger partial charge in [0.1, 0.15) is 22.9 Å². The number of carbonyl (C=O) groups excluding carboxylic acids is 2. The number of nitrogens with one attached hydrogen (secondary N) is 1. The molecule has 0 saturated heterocycles.